The van der Waals surface area contributed by atoms with Gasteiger partial charge >= 0.3 is 0 Å². The van der Waals surface area contributed by atoms with Gasteiger partial charge in [-0.15, -0.1) is 16.6 Å². The van der Waals surface area contributed by atoms with Gasteiger partial charge in [0.1, 0.15) is 5.69 Å². The molecule has 0 spiro atoms. The third-order valence-corrected chi connectivity index (χ3v) is 5.20. The molecule has 1 aliphatic carbocycles. The zero-order chi connectivity index (χ0) is 18.1. The van der Waals surface area contributed by atoms with E-state index in [1.807, 2.05) is 36.4 Å². The summed E-state index contributed by atoms with van der Waals surface area (Å²) in [5.74, 6) is 3.47. The lowest BCUT2D eigenvalue weighted by Crippen LogP contribution is -2.49. The fourth-order valence-electron chi connectivity index (χ4n) is 3.59. The molecule has 0 unspecified atom stereocenters. The maximum atomic E-state index is 5.53. The molecule has 1 aliphatic rings. The number of methoxy groups -OCH3 is 1. The Morgan fingerprint density at radius 2 is 1.77 bits per heavy atom. The van der Waals surface area contributed by atoms with Gasteiger partial charge in [0.2, 0.25) is 0 Å². The fourth-order valence-corrected chi connectivity index (χ4v) is 3.59. The summed E-state index contributed by atoms with van der Waals surface area (Å²) in [6.45, 7) is 2.14. The monoisotopic (exact) mass is 343 g/mol. The van der Waals surface area contributed by atoms with E-state index in [1.54, 1.807) is 7.11 Å². The van der Waals surface area contributed by atoms with Crippen LogP contribution in [0.15, 0.2) is 48.5 Å². The van der Waals surface area contributed by atoms with Crippen molar-refractivity contribution in [3.8, 4) is 23.6 Å². The lowest BCUT2D eigenvalue weighted by atomic mass is 9.77. The molecule has 0 radical (unpaired) electrons. The predicted octanol–water partition coefficient (Wildman–Crippen LogP) is 4.26. The molecule has 26 heavy (non-hydrogen) atoms. The highest BCUT2D eigenvalue weighted by Crippen LogP contribution is 2.38. The minimum absolute atomic E-state index is 0.0282. The van der Waals surface area contributed by atoms with E-state index < -0.39 is 0 Å². The molecule has 1 fully saturated rings. The Hall–Kier alpha value is -2.90. The van der Waals surface area contributed by atoms with Crippen LogP contribution in [0.2, 0.25) is 0 Å². The summed E-state index contributed by atoms with van der Waals surface area (Å²) in [5.41, 5.74) is 2.70. The van der Waals surface area contributed by atoms with Crippen molar-refractivity contribution in [2.24, 2.45) is 0 Å². The summed E-state index contributed by atoms with van der Waals surface area (Å²) in [4.78, 5) is 0. The lowest BCUT2D eigenvalue weighted by molar-refractivity contribution is -0.0625. The summed E-state index contributed by atoms with van der Waals surface area (Å²) in [5, 5.41) is 14.7. The maximum absolute atomic E-state index is 5.53. The van der Waals surface area contributed by atoms with Crippen molar-refractivity contribution < 1.29 is 4.74 Å². The van der Waals surface area contributed by atoms with Gasteiger partial charge in [-0.2, -0.15) is 0 Å². The number of hydrogen-bond acceptors (Lipinski definition) is 4. The van der Waals surface area contributed by atoms with E-state index >= 15 is 0 Å². The molecule has 0 saturated heterocycles. The number of fused-ring (bicyclic) bond motifs is 1. The van der Waals surface area contributed by atoms with Crippen LogP contribution in [0.3, 0.4) is 0 Å². The van der Waals surface area contributed by atoms with Crippen LogP contribution < -0.4 is 5.32 Å². The molecule has 0 atom stereocenters. The Bertz CT molecular complexity index is 982. The van der Waals surface area contributed by atoms with Crippen LogP contribution in [0.1, 0.15) is 25.3 Å². The van der Waals surface area contributed by atoms with Crippen molar-refractivity contribution >= 4 is 16.6 Å². The molecule has 4 rings (SSSR count). The molecule has 1 heterocycles. The lowest BCUT2D eigenvalue weighted by Gasteiger charge is -2.44. The third kappa shape index (κ3) is 2.91. The first-order valence-electron chi connectivity index (χ1n) is 8.76. The SMILES string of the molecule is C#Cc1ccc(-c2nnc(NC3CC(C)(OC)C3)c3ccccc23)cc1. The number of rotatable bonds is 4. The minimum atomic E-state index is -0.0282. The van der Waals surface area contributed by atoms with Gasteiger partial charge in [-0.1, -0.05) is 42.3 Å². The predicted molar refractivity (Wildman–Crippen MR) is 105 cm³/mol. The molecule has 4 heteroatoms. The van der Waals surface area contributed by atoms with Gasteiger partial charge in [0.15, 0.2) is 5.82 Å². The summed E-state index contributed by atoms with van der Waals surface area (Å²) < 4.78 is 5.53. The van der Waals surface area contributed by atoms with E-state index in [2.05, 4.69) is 40.5 Å². The van der Waals surface area contributed by atoms with Crippen LogP contribution in [-0.4, -0.2) is 29.0 Å². The minimum Gasteiger partial charge on any atom is -0.378 e. The molecule has 1 aromatic heterocycles. The molecular formula is C22H21N3O. The smallest absolute Gasteiger partial charge is 0.156 e. The Labute approximate surface area is 153 Å². The highest BCUT2D eigenvalue weighted by atomic mass is 16.5. The standard InChI is InChI=1S/C22H21N3O/c1-4-15-9-11-16(12-10-15)20-18-7-5-6-8-19(18)21(25-24-20)23-17-13-22(2,14-17)26-3/h1,5-12,17H,13-14H2,2-3H3,(H,23,25). The van der Waals surface area contributed by atoms with Crippen molar-refractivity contribution in [2.75, 3.05) is 12.4 Å². The normalized spacial score (nSPS) is 21.8. The number of anilines is 1. The quantitative estimate of drug-likeness (QED) is 0.719. The first-order chi connectivity index (χ1) is 12.6. The van der Waals surface area contributed by atoms with E-state index in [4.69, 9.17) is 11.2 Å². The maximum Gasteiger partial charge on any atom is 0.156 e. The van der Waals surface area contributed by atoms with Gasteiger partial charge in [0.25, 0.3) is 0 Å². The first kappa shape index (κ1) is 16.6. The highest BCUT2D eigenvalue weighted by molar-refractivity contribution is 6.00. The number of nitrogens with zero attached hydrogens (tertiary/aromatic N) is 2. The Balaban J connectivity index is 1.68. The van der Waals surface area contributed by atoms with E-state index in [1.165, 1.54) is 0 Å². The zero-order valence-electron chi connectivity index (χ0n) is 15.0. The van der Waals surface area contributed by atoms with E-state index in [-0.39, 0.29) is 5.60 Å². The molecule has 1 N–H and O–H groups in total. The summed E-state index contributed by atoms with van der Waals surface area (Å²) in [6, 6.07) is 16.4. The van der Waals surface area contributed by atoms with Crippen LogP contribution in [0, 0.1) is 12.3 Å². The molecule has 0 amide bonds. The molecule has 3 aromatic rings. The fraction of sp³-hybridized carbons (Fsp3) is 0.273. The second-order valence-corrected chi connectivity index (χ2v) is 7.07. The molecule has 130 valence electrons. The Morgan fingerprint density at radius 1 is 1.08 bits per heavy atom. The first-order valence-corrected chi connectivity index (χ1v) is 8.76. The second kappa shape index (κ2) is 6.44. The van der Waals surface area contributed by atoms with E-state index in [0.717, 1.165) is 46.3 Å². The average Bonchev–Trinajstić information content (AvgIpc) is 2.67. The van der Waals surface area contributed by atoms with Crippen LogP contribution in [0.5, 0.6) is 0 Å². The van der Waals surface area contributed by atoms with Crippen LogP contribution >= 0.6 is 0 Å². The number of ether oxygens (including phenoxy) is 1. The number of hydrogen-bond donors (Lipinski definition) is 1. The largest absolute Gasteiger partial charge is 0.378 e. The summed E-state index contributed by atoms with van der Waals surface area (Å²) >= 11 is 0. The van der Waals surface area contributed by atoms with Crippen molar-refractivity contribution in [2.45, 2.75) is 31.4 Å². The van der Waals surface area contributed by atoms with Crippen molar-refractivity contribution in [1.82, 2.24) is 10.2 Å². The molecule has 0 bridgehead atoms. The molecule has 4 nitrogen and oxygen atoms in total. The van der Waals surface area contributed by atoms with E-state index in [0.29, 0.717) is 6.04 Å². The van der Waals surface area contributed by atoms with Gasteiger partial charge in [-0.05, 0) is 31.9 Å². The van der Waals surface area contributed by atoms with Crippen LogP contribution in [0.25, 0.3) is 22.0 Å². The Morgan fingerprint density at radius 3 is 2.42 bits per heavy atom. The average molecular weight is 343 g/mol. The van der Waals surface area contributed by atoms with Crippen LogP contribution in [0.4, 0.5) is 5.82 Å². The zero-order valence-corrected chi connectivity index (χ0v) is 15.0. The third-order valence-electron chi connectivity index (χ3n) is 5.20. The van der Waals surface area contributed by atoms with Crippen molar-refractivity contribution in [1.29, 1.82) is 0 Å². The van der Waals surface area contributed by atoms with Gasteiger partial charge in [0, 0.05) is 35.1 Å². The van der Waals surface area contributed by atoms with Gasteiger partial charge in [-0.25, -0.2) is 0 Å². The van der Waals surface area contributed by atoms with E-state index in [9.17, 15) is 0 Å². The van der Waals surface area contributed by atoms with Crippen molar-refractivity contribution in [3.05, 3.63) is 54.1 Å². The van der Waals surface area contributed by atoms with Gasteiger partial charge in [0.05, 0.1) is 5.60 Å². The van der Waals surface area contributed by atoms with Gasteiger partial charge in [-0.3, -0.25) is 0 Å². The molecular weight excluding hydrogens is 322 g/mol. The second-order valence-electron chi connectivity index (χ2n) is 7.07. The number of aromatic nitrogens is 2. The van der Waals surface area contributed by atoms with Crippen molar-refractivity contribution in [3.63, 3.8) is 0 Å². The molecule has 1 saturated carbocycles. The van der Waals surface area contributed by atoms with Gasteiger partial charge < -0.3 is 10.1 Å². The summed E-state index contributed by atoms with van der Waals surface area (Å²) in [6.07, 6.45) is 7.38. The number of nitrogens with one attached hydrogen (secondary N) is 1. The molecule has 0 aliphatic heterocycles. The number of terminal acetylenes is 1. The van der Waals surface area contributed by atoms with Crippen LogP contribution in [-0.2, 0) is 4.74 Å². The molecule has 2 aromatic carbocycles. The summed E-state index contributed by atoms with van der Waals surface area (Å²) in [7, 11) is 1.77. The number of benzene rings is 2. The Kier molecular flexibility index (Phi) is 4.10. The topological polar surface area (TPSA) is 47.0 Å². The highest BCUT2D eigenvalue weighted by Gasteiger charge is 2.40.